The highest BCUT2D eigenvalue weighted by Gasteiger charge is 2.28. The highest BCUT2D eigenvalue weighted by Crippen LogP contribution is 2.33. The molecule has 4 aromatic rings. The number of Topliss-reactive ketones (excluding diaryl/α,β-unsaturated/α-hetero) is 1. The van der Waals surface area contributed by atoms with Gasteiger partial charge >= 0.3 is 0 Å². The van der Waals surface area contributed by atoms with Crippen molar-refractivity contribution in [2.24, 2.45) is 0 Å². The number of ketones is 1. The third-order valence-corrected chi connectivity index (χ3v) is 5.48. The molecule has 0 aliphatic carbocycles. The molecular weight excluding hydrogens is 354 g/mol. The molecule has 1 N–H and O–H groups in total. The summed E-state index contributed by atoms with van der Waals surface area (Å²) in [5, 5.41) is 11.6. The number of aromatic nitrogens is 2. The van der Waals surface area contributed by atoms with Gasteiger partial charge in [0.2, 0.25) is 0 Å². The zero-order chi connectivity index (χ0) is 17.6. The number of H-pyrrole nitrogens is 1. The molecule has 0 amide bonds. The number of hydrogen-bond donors (Lipinski definition) is 1. The number of thiazole rings is 1. The number of halogens is 1. The highest BCUT2D eigenvalue weighted by molar-refractivity contribution is 7.18. The molecule has 1 atom stereocenters. The monoisotopic (exact) mass is 365 g/mol. The second kappa shape index (κ2) is 5.99. The first-order valence-electron chi connectivity index (χ1n) is 7.65. The highest BCUT2D eigenvalue weighted by atomic mass is 35.5. The number of rotatable bonds is 3. The molecule has 2 heterocycles. The quantitative estimate of drug-likeness (QED) is 0.505. The molecule has 0 bridgehead atoms. The summed E-state index contributed by atoms with van der Waals surface area (Å²) in [6, 6.07) is 15.1. The minimum Gasteiger partial charge on any atom is -0.358 e. The van der Waals surface area contributed by atoms with Crippen LogP contribution in [-0.2, 0) is 0 Å². The molecule has 0 fully saturated rings. The van der Waals surface area contributed by atoms with Crippen molar-refractivity contribution in [1.29, 1.82) is 5.26 Å². The fourth-order valence-electron chi connectivity index (χ4n) is 3.01. The van der Waals surface area contributed by atoms with Crippen LogP contribution >= 0.6 is 22.9 Å². The number of benzene rings is 2. The maximum Gasteiger partial charge on any atom is 0.189 e. The molecule has 0 spiro atoms. The van der Waals surface area contributed by atoms with Crippen LogP contribution in [-0.4, -0.2) is 15.8 Å². The van der Waals surface area contributed by atoms with Crippen molar-refractivity contribution in [3.63, 3.8) is 0 Å². The van der Waals surface area contributed by atoms with Crippen molar-refractivity contribution >= 4 is 49.8 Å². The molecule has 4 nitrogen and oxygen atoms in total. The molecule has 2 aromatic carbocycles. The second-order valence-electron chi connectivity index (χ2n) is 5.76. The van der Waals surface area contributed by atoms with Crippen molar-refractivity contribution < 1.29 is 4.79 Å². The van der Waals surface area contributed by atoms with Gasteiger partial charge in [0.25, 0.3) is 0 Å². The number of nitrogens with zero attached hydrogens (tertiary/aromatic N) is 2. The summed E-state index contributed by atoms with van der Waals surface area (Å²) in [6.07, 6.45) is 0. The number of nitriles is 1. The Morgan fingerprint density at radius 2 is 2.12 bits per heavy atom. The Morgan fingerprint density at radius 1 is 1.32 bits per heavy atom. The van der Waals surface area contributed by atoms with Gasteiger partial charge in [-0.1, -0.05) is 29.8 Å². The lowest BCUT2D eigenvalue weighted by atomic mass is 9.97. The average Bonchev–Trinajstić information content (AvgIpc) is 3.14. The summed E-state index contributed by atoms with van der Waals surface area (Å²) in [4.78, 5) is 20.8. The van der Waals surface area contributed by atoms with Crippen LogP contribution in [0.25, 0.3) is 21.1 Å². The summed E-state index contributed by atoms with van der Waals surface area (Å²) in [5.41, 5.74) is 2.90. The fourth-order valence-corrected chi connectivity index (χ4v) is 4.16. The van der Waals surface area contributed by atoms with E-state index in [2.05, 4.69) is 16.0 Å². The van der Waals surface area contributed by atoms with Gasteiger partial charge in [0.05, 0.1) is 16.3 Å². The van der Waals surface area contributed by atoms with Crippen LogP contribution in [0.4, 0.5) is 0 Å². The molecule has 0 aliphatic rings. The van der Waals surface area contributed by atoms with Crippen molar-refractivity contribution in [2.75, 3.05) is 0 Å². The van der Waals surface area contributed by atoms with Crippen LogP contribution in [0.5, 0.6) is 0 Å². The van der Waals surface area contributed by atoms with Gasteiger partial charge in [0.15, 0.2) is 11.7 Å². The first kappa shape index (κ1) is 15.8. The maximum absolute atomic E-state index is 13.1. The number of aromatic amines is 1. The Labute approximate surface area is 152 Å². The smallest absolute Gasteiger partial charge is 0.189 e. The van der Waals surface area contributed by atoms with Crippen LogP contribution in [0.3, 0.4) is 0 Å². The summed E-state index contributed by atoms with van der Waals surface area (Å²) >= 11 is 7.35. The third-order valence-electron chi connectivity index (χ3n) is 4.14. The van der Waals surface area contributed by atoms with E-state index in [4.69, 9.17) is 11.6 Å². The molecule has 4 rings (SSSR count). The Kier molecular flexibility index (Phi) is 3.79. The first-order valence-corrected chi connectivity index (χ1v) is 8.85. The molecule has 6 heteroatoms. The van der Waals surface area contributed by atoms with E-state index in [1.807, 2.05) is 37.3 Å². The molecule has 0 unspecified atom stereocenters. The van der Waals surface area contributed by atoms with E-state index in [1.54, 1.807) is 12.1 Å². The van der Waals surface area contributed by atoms with Crippen molar-refractivity contribution in [3.8, 4) is 6.07 Å². The number of aryl methyl sites for hydroxylation is 1. The molecule has 0 aliphatic heterocycles. The minimum atomic E-state index is -0.936. The van der Waals surface area contributed by atoms with Gasteiger partial charge in [-0.3, -0.25) is 4.79 Å². The van der Waals surface area contributed by atoms with E-state index in [-0.39, 0.29) is 5.78 Å². The number of carbonyl (C=O) groups is 1. The molecule has 25 heavy (non-hydrogen) atoms. The van der Waals surface area contributed by atoms with Gasteiger partial charge in [-0.2, -0.15) is 5.26 Å². The zero-order valence-electron chi connectivity index (χ0n) is 13.2. The molecule has 0 saturated carbocycles. The van der Waals surface area contributed by atoms with Crippen LogP contribution in [0, 0.1) is 18.3 Å². The Bertz CT molecular complexity index is 1170. The van der Waals surface area contributed by atoms with E-state index < -0.39 is 5.92 Å². The van der Waals surface area contributed by atoms with E-state index in [9.17, 15) is 10.1 Å². The fraction of sp³-hybridized carbons (Fsp3) is 0.105. The summed E-state index contributed by atoms with van der Waals surface area (Å²) in [6.45, 7) is 1.85. The second-order valence-corrected chi connectivity index (χ2v) is 7.26. The third kappa shape index (κ3) is 2.60. The minimum absolute atomic E-state index is 0.234. The molecule has 2 aromatic heterocycles. The molecule has 0 saturated heterocycles. The molecular formula is C19H12ClN3OS. The van der Waals surface area contributed by atoms with Gasteiger partial charge in [-0.15, -0.1) is 11.3 Å². The number of nitrogens with one attached hydrogen (secondary N) is 1. The summed E-state index contributed by atoms with van der Waals surface area (Å²) in [5.74, 6) is -1.17. The van der Waals surface area contributed by atoms with Gasteiger partial charge in [-0.05, 0) is 31.2 Å². The van der Waals surface area contributed by atoms with Gasteiger partial charge in [0.1, 0.15) is 5.01 Å². The lowest BCUT2D eigenvalue weighted by Gasteiger charge is -2.05. The number of fused-ring (bicyclic) bond motifs is 2. The van der Waals surface area contributed by atoms with E-state index in [0.29, 0.717) is 21.1 Å². The Balaban J connectivity index is 1.83. The van der Waals surface area contributed by atoms with Crippen molar-refractivity contribution in [3.05, 3.63) is 63.8 Å². The van der Waals surface area contributed by atoms with E-state index in [0.717, 1.165) is 21.3 Å². The number of carbonyl (C=O) groups excluding carboxylic acids is 1. The molecule has 0 radical (unpaired) electrons. The normalized spacial score (nSPS) is 12.4. The van der Waals surface area contributed by atoms with E-state index >= 15 is 0 Å². The predicted octanol–water partition coefficient (Wildman–Crippen LogP) is 5.23. The first-order chi connectivity index (χ1) is 12.1. The predicted molar refractivity (Wildman–Crippen MR) is 100 cm³/mol. The lowest BCUT2D eigenvalue weighted by molar-refractivity contribution is 0.0980. The maximum atomic E-state index is 13.1. The number of hydrogen-bond acceptors (Lipinski definition) is 4. The van der Waals surface area contributed by atoms with Gasteiger partial charge in [0, 0.05) is 27.2 Å². The van der Waals surface area contributed by atoms with E-state index in [1.165, 1.54) is 11.3 Å². The SMILES string of the molecule is Cc1[nH]c2ccccc2c1C(=O)[C@@H](C#N)c1nc2cc(Cl)ccc2s1. The van der Waals surface area contributed by atoms with Gasteiger partial charge in [-0.25, -0.2) is 4.98 Å². The average molecular weight is 366 g/mol. The standard InChI is InChI=1S/C19H12ClN3OS/c1-10-17(12-4-2-3-5-14(12)22-10)18(24)13(9-21)19-23-15-8-11(20)6-7-16(15)25-19/h2-8,13,22H,1H3/t13-/m1/s1. The summed E-state index contributed by atoms with van der Waals surface area (Å²) in [7, 11) is 0. The van der Waals surface area contributed by atoms with Crippen LogP contribution < -0.4 is 0 Å². The van der Waals surface area contributed by atoms with Crippen molar-refractivity contribution in [1.82, 2.24) is 9.97 Å². The van der Waals surface area contributed by atoms with Gasteiger partial charge < -0.3 is 4.98 Å². The largest absolute Gasteiger partial charge is 0.358 e. The van der Waals surface area contributed by atoms with Crippen LogP contribution in [0.15, 0.2) is 42.5 Å². The summed E-state index contributed by atoms with van der Waals surface area (Å²) < 4.78 is 0.906. The Morgan fingerprint density at radius 3 is 2.92 bits per heavy atom. The van der Waals surface area contributed by atoms with Crippen molar-refractivity contribution in [2.45, 2.75) is 12.8 Å². The Hall–Kier alpha value is -2.68. The lowest BCUT2D eigenvalue weighted by Crippen LogP contribution is -2.11. The van der Waals surface area contributed by atoms with Crippen LogP contribution in [0.2, 0.25) is 5.02 Å². The van der Waals surface area contributed by atoms with Crippen LogP contribution in [0.1, 0.15) is 27.0 Å². The topological polar surface area (TPSA) is 69.5 Å². The molecule has 122 valence electrons. The zero-order valence-corrected chi connectivity index (χ0v) is 14.8. The number of para-hydroxylation sites is 1.